The Balaban J connectivity index is 2.00. The second-order valence-electron chi connectivity index (χ2n) is 5.93. The first-order chi connectivity index (χ1) is 9.72. The van der Waals surface area contributed by atoms with Crippen LogP contribution in [-0.2, 0) is 0 Å². The SMILES string of the molecule is CCCNc1ncc(C)c(NC2CCCC(CC)C2)n1. The standard InChI is InChI=1S/C16H28N4/c1-4-9-17-16-18-11-12(3)15(20-16)19-14-8-6-7-13(5-2)10-14/h11,13-14H,4-10H2,1-3H3,(H2,17,18,19,20). The average Bonchev–Trinajstić information content (AvgIpc) is 2.48. The van der Waals surface area contributed by atoms with Gasteiger partial charge < -0.3 is 10.6 Å². The van der Waals surface area contributed by atoms with Gasteiger partial charge in [0.15, 0.2) is 0 Å². The largest absolute Gasteiger partial charge is 0.367 e. The third-order valence-electron chi connectivity index (χ3n) is 4.21. The van der Waals surface area contributed by atoms with Gasteiger partial charge in [-0.05, 0) is 32.1 Å². The zero-order chi connectivity index (χ0) is 14.4. The molecular formula is C16H28N4. The molecule has 2 unspecified atom stereocenters. The number of aryl methyl sites for hydroxylation is 1. The van der Waals surface area contributed by atoms with Gasteiger partial charge in [-0.2, -0.15) is 4.98 Å². The van der Waals surface area contributed by atoms with E-state index in [-0.39, 0.29) is 0 Å². The lowest BCUT2D eigenvalue weighted by molar-refractivity contribution is 0.327. The van der Waals surface area contributed by atoms with Crippen LogP contribution in [-0.4, -0.2) is 22.6 Å². The Morgan fingerprint density at radius 3 is 2.90 bits per heavy atom. The van der Waals surface area contributed by atoms with Gasteiger partial charge in [0.1, 0.15) is 5.82 Å². The maximum atomic E-state index is 4.62. The molecule has 2 rings (SSSR count). The second-order valence-corrected chi connectivity index (χ2v) is 5.93. The van der Waals surface area contributed by atoms with E-state index in [9.17, 15) is 0 Å². The van der Waals surface area contributed by atoms with Crippen molar-refractivity contribution < 1.29 is 0 Å². The molecule has 0 bridgehead atoms. The topological polar surface area (TPSA) is 49.8 Å². The number of rotatable bonds is 6. The highest BCUT2D eigenvalue weighted by Gasteiger charge is 2.21. The third-order valence-corrected chi connectivity index (χ3v) is 4.21. The molecule has 112 valence electrons. The average molecular weight is 276 g/mol. The molecule has 1 heterocycles. The molecule has 20 heavy (non-hydrogen) atoms. The lowest BCUT2D eigenvalue weighted by atomic mass is 9.84. The number of aromatic nitrogens is 2. The summed E-state index contributed by atoms with van der Waals surface area (Å²) in [6, 6.07) is 0.571. The highest BCUT2D eigenvalue weighted by Crippen LogP contribution is 2.29. The van der Waals surface area contributed by atoms with Crippen LogP contribution >= 0.6 is 0 Å². The molecule has 4 nitrogen and oxygen atoms in total. The van der Waals surface area contributed by atoms with Crippen LogP contribution < -0.4 is 10.6 Å². The number of nitrogens with zero attached hydrogens (tertiary/aromatic N) is 2. The molecule has 1 aliphatic carbocycles. The zero-order valence-corrected chi connectivity index (χ0v) is 13.1. The van der Waals surface area contributed by atoms with E-state index in [0.29, 0.717) is 6.04 Å². The summed E-state index contributed by atoms with van der Waals surface area (Å²) in [6.07, 6.45) is 9.55. The van der Waals surface area contributed by atoms with Crippen LogP contribution in [0.4, 0.5) is 11.8 Å². The monoisotopic (exact) mass is 276 g/mol. The van der Waals surface area contributed by atoms with Crippen molar-refractivity contribution in [2.24, 2.45) is 5.92 Å². The fourth-order valence-corrected chi connectivity index (χ4v) is 2.90. The molecule has 0 amide bonds. The molecule has 2 atom stereocenters. The lowest BCUT2D eigenvalue weighted by Gasteiger charge is -2.29. The van der Waals surface area contributed by atoms with E-state index < -0.39 is 0 Å². The number of anilines is 2. The van der Waals surface area contributed by atoms with Crippen molar-refractivity contribution in [1.82, 2.24) is 9.97 Å². The van der Waals surface area contributed by atoms with E-state index in [1.807, 2.05) is 6.20 Å². The molecule has 4 heteroatoms. The molecule has 1 aromatic rings. The zero-order valence-electron chi connectivity index (χ0n) is 13.1. The Labute approximate surface area is 122 Å². The molecule has 0 aromatic carbocycles. The summed E-state index contributed by atoms with van der Waals surface area (Å²) in [5.41, 5.74) is 1.13. The first-order valence-corrected chi connectivity index (χ1v) is 8.07. The van der Waals surface area contributed by atoms with Gasteiger partial charge in [0.25, 0.3) is 0 Å². The highest BCUT2D eigenvalue weighted by atomic mass is 15.1. The maximum absolute atomic E-state index is 4.62. The summed E-state index contributed by atoms with van der Waals surface area (Å²) in [5.74, 6) is 2.62. The third kappa shape index (κ3) is 4.09. The second kappa shape index (κ2) is 7.46. The molecule has 1 aliphatic rings. The van der Waals surface area contributed by atoms with Crippen LogP contribution in [0.25, 0.3) is 0 Å². The summed E-state index contributed by atoms with van der Waals surface area (Å²) in [4.78, 5) is 8.96. The smallest absolute Gasteiger partial charge is 0.224 e. The van der Waals surface area contributed by atoms with Crippen molar-refractivity contribution in [3.05, 3.63) is 11.8 Å². The molecule has 0 saturated heterocycles. The van der Waals surface area contributed by atoms with E-state index in [1.165, 1.54) is 32.1 Å². The minimum Gasteiger partial charge on any atom is -0.367 e. The van der Waals surface area contributed by atoms with E-state index in [2.05, 4.69) is 41.4 Å². The minimum absolute atomic E-state index is 0.571. The van der Waals surface area contributed by atoms with Crippen molar-refractivity contribution in [3.8, 4) is 0 Å². The molecule has 1 fully saturated rings. The predicted octanol–water partition coefficient (Wildman–Crippen LogP) is 3.99. The van der Waals surface area contributed by atoms with Gasteiger partial charge in [-0.1, -0.05) is 33.1 Å². The predicted molar refractivity (Wildman–Crippen MR) is 85.2 cm³/mol. The number of hydrogen-bond donors (Lipinski definition) is 2. The van der Waals surface area contributed by atoms with Gasteiger partial charge in [0.05, 0.1) is 0 Å². The van der Waals surface area contributed by atoms with Gasteiger partial charge in [-0.25, -0.2) is 4.98 Å². The molecule has 2 N–H and O–H groups in total. The molecule has 0 spiro atoms. The normalized spacial score (nSPS) is 22.6. The molecule has 0 aliphatic heterocycles. The van der Waals surface area contributed by atoms with Crippen LogP contribution in [0.1, 0.15) is 57.9 Å². The van der Waals surface area contributed by atoms with E-state index in [1.54, 1.807) is 0 Å². The number of hydrogen-bond acceptors (Lipinski definition) is 4. The van der Waals surface area contributed by atoms with Gasteiger partial charge >= 0.3 is 0 Å². The highest BCUT2D eigenvalue weighted by molar-refractivity contribution is 5.47. The maximum Gasteiger partial charge on any atom is 0.224 e. The Bertz CT molecular complexity index is 419. The summed E-state index contributed by atoms with van der Waals surface area (Å²) in [5, 5.41) is 6.90. The summed E-state index contributed by atoms with van der Waals surface area (Å²) < 4.78 is 0. The summed E-state index contributed by atoms with van der Waals surface area (Å²) in [6.45, 7) is 7.44. The van der Waals surface area contributed by atoms with Crippen molar-refractivity contribution in [3.63, 3.8) is 0 Å². The summed E-state index contributed by atoms with van der Waals surface area (Å²) in [7, 11) is 0. The van der Waals surface area contributed by atoms with Crippen LogP contribution in [0.5, 0.6) is 0 Å². The van der Waals surface area contributed by atoms with Crippen LogP contribution in [0, 0.1) is 12.8 Å². The van der Waals surface area contributed by atoms with Crippen LogP contribution in [0.3, 0.4) is 0 Å². The van der Waals surface area contributed by atoms with Gasteiger partial charge in [-0.15, -0.1) is 0 Å². The van der Waals surface area contributed by atoms with Crippen LogP contribution in [0.2, 0.25) is 0 Å². The Morgan fingerprint density at radius 2 is 2.15 bits per heavy atom. The van der Waals surface area contributed by atoms with Crippen molar-refractivity contribution >= 4 is 11.8 Å². The Hall–Kier alpha value is -1.32. The molecule has 1 saturated carbocycles. The van der Waals surface area contributed by atoms with E-state index in [4.69, 9.17) is 0 Å². The first kappa shape index (κ1) is 15.1. The summed E-state index contributed by atoms with van der Waals surface area (Å²) >= 11 is 0. The van der Waals surface area contributed by atoms with Gasteiger partial charge in [0.2, 0.25) is 5.95 Å². The first-order valence-electron chi connectivity index (χ1n) is 8.07. The Kier molecular flexibility index (Phi) is 5.62. The van der Waals surface area contributed by atoms with Gasteiger partial charge in [-0.3, -0.25) is 0 Å². The number of nitrogens with one attached hydrogen (secondary N) is 2. The van der Waals surface area contributed by atoms with Crippen LogP contribution in [0.15, 0.2) is 6.20 Å². The minimum atomic E-state index is 0.571. The Morgan fingerprint density at radius 1 is 1.30 bits per heavy atom. The molecule has 0 radical (unpaired) electrons. The fraction of sp³-hybridized carbons (Fsp3) is 0.750. The van der Waals surface area contributed by atoms with Crippen molar-refractivity contribution in [1.29, 1.82) is 0 Å². The lowest BCUT2D eigenvalue weighted by Crippen LogP contribution is -2.28. The fourth-order valence-electron chi connectivity index (χ4n) is 2.90. The van der Waals surface area contributed by atoms with Crippen molar-refractivity contribution in [2.75, 3.05) is 17.2 Å². The van der Waals surface area contributed by atoms with Gasteiger partial charge in [0, 0.05) is 24.3 Å². The van der Waals surface area contributed by atoms with Crippen molar-refractivity contribution in [2.45, 2.75) is 65.3 Å². The van der Waals surface area contributed by atoms with E-state index in [0.717, 1.165) is 36.2 Å². The molecule has 1 aromatic heterocycles. The molecular weight excluding hydrogens is 248 g/mol. The quantitative estimate of drug-likeness (QED) is 0.825. The van der Waals surface area contributed by atoms with E-state index >= 15 is 0 Å².